The molecule has 9 aromatic heterocycles. The Hall–Kier alpha value is -8.21. The summed E-state index contributed by atoms with van der Waals surface area (Å²) in [6, 6.07) is 0. The first-order valence-electron chi connectivity index (χ1n) is 44.7. The highest BCUT2D eigenvalue weighted by atomic mass is 32.7. The van der Waals surface area contributed by atoms with E-state index in [4.69, 9.17) is 180 Å². The number of imidazole rings is 3. The highest BCUT2D eigenvalue weighted by Gasteiger charge is 2.57. The van der Waals surface area contributed by atoms with Crippen molar-refractivity contribution < 1.29 is 159 Å². The second-order valence-electron chi connectivity index (χ2n) is 33.5. The SMILES string of the molecule is CC[C@H]1O[C@@H](n2cnc3c(=O)[nH]c(N)nc32)CC1OP([O-])(=S)OC[C@H]1O[C@@H](n2cc(C)c(=O)[nH]c2=O)[C@@H](OCCOC)C1OP(=O)([O-])OC[C@H]1O[C@@H](n2cnc3c(=O)[nH]c(N)nc32)[C@@H](OCCOC)C1OP(=O)([O-])OC[C@H]1O[C@@H](n2cc(C)c(=O)[nH]c2=O)[C@@H](OCCOC)C1OP(=O)([S-])OC[C@H]1O[C@@H](n2cnc3c(N)ncnc32)[C@@H](OCCOC)C1OP([O-])(=S)OC[C@H]1O[C@@H](n2cc(C)c(N)nc2=O)[C@@H](OCCOC)C1O. The summed E-state index contributed by atoms with van der Waals surface area (Å²) in [5.74, 6) is -0.912. The predicted molar refractivity (Wildman–Crippen MR) is 500 cm³/mol. The number of phosphoric ester groups is 2. The van der Waals surface area contributed by atoms with E-state index in [0.29, 0.717) is 5.56 Å². The minimum atomic E-state index is -6.27. The van der Waals surface area contributed by atoms with Crippen molar-refractivity contribution in [1.29, 1.82) is 0 Å². The molecule has 6 aliphatic rings. The van der Waals surface area contributed by atoms with Crippen LogP contribution in [0.4, 0.5) is 23.5 Å². The smallest absolute Gasteiger partial charge is 0.351 e. The fourth-order valence-electron chi connectivity index (χ4n) is 16.8. The van der Waals surface area contributed by atoms with Crippen molar-refractivity contribution in [1.82, 2.24) is 87.2 Å². The van der Waals surface area contributed by atoms with E-state index < -0.39 is 275 Å². The molecule has 0 amide bonds. The molecule has 15 rings (SSSR count). The Balaban J connectivity index is 0.723. The number of rotatable bonds is 52. The average Bonchev–Trinajstić information content (AvgIpc) is 1.60. The largest absolute Gasteiger partial charge is 0.780 e. The monoisotopic (exact) mass is 2230 g/mol. The summed E-state index contributed by atoms with van der Waals surface area (Å²) in [5, 5.41) is 11.8. The van der Waals surface area contributed by atoms with Crippen molar-refractivity contribution in [3.8, 4) is 0 Å². The molecule has 6 aliphatic heterocycles. The highest BCUT2D eigenvalue weighted by Crippen LogP contribution is 2.57. The number of anilines is 4. The van der Waals surface area contributed by atoms with E-state index in [1.165, 1.54) is 77.4 Å². The first-order valence-corrected chi connectivity index (χ1v) is 55.3. The molecule has 6 fully saturated rings. The zero-order chi connectivity index (χ0) is 106. The van der Waals surface area contributed by atoms with E-state index >= 15 is 28.4 Å². The van der Waals surface area contributed by atoms with Crippen LogP contribution in [0.3, 0.4) is 0 Å². The van der Waals surface area contributed by atoms with Gasteiger partial charge in [0.1, 0.15) is 129 Å². The zero-order valence-corrected chi connectivity index (χ0v) is 86.1. The number of aryl methyl sites for hydroxylation is 3. The molecular weight excluding hydrogens is 2130 g/mol. The molecule has 0 aromatic carbocycles. The average molecular weight is 2230 g/mol. The molecule has 11 unspecified atom stereocenters. The van der Waals surface area contributed by atoms with E-state index in [1.54, 1.807) is 13.8 Å². The lowest BCUT2D eigenvalue weighted by Crippen LogP contribution is -2.42. The number of aromatic amines is 4. The van der Waals surface area contributed by atoms with Crippen molar-refractivity contribution >= 4 is 129 Å². The van der Waals surface area contributed by atoms with Crippen molar-refractivity contribution in [2.45, 2.75) is 182 Å². The first kappa shape index (κ1) is 113. The third-order valence-electron chi connectivity index (χ3n) is 23.7. The van der Waals surface area contributed by atoms with Gasteiger partial charge in [-0.05, 0) is 27.2 Å². The Morgan fingerprint density at radius 3 is 1.27 bits per heavy atom. The number of hydrogen-bond donors (Lipinski definition) is 9. The topological polar surface area (TPSA) is 823 Å². The maximum absolute atomic E-state index is 15.6. The quantitative estimate of drug-likeness (QED) is 0.00981. The van der Waals surface area contributed by atoms with Crippen molar-refractivity contribution in [3.63, 3.8) is 0 Å². The van der Waals surface area contributed by atoms with Crippen molar-refractivity contribution in [2.24, 2.45) is 0 Å². The van der Waals surface area contributed by atoms with Crippen LogP contribution in [-0.4, -0.2) is 331 Å². The van der Waals surface area contributed by atoms with E-state index in [9.17, 15) is 43.6 Å². The number of hydrogen-bond acceptors (Lipinski definition) is 56. The number of aromatic nitrogens is 18. The summed E-state index contributed by atoms with van der Waals surface area (Å²) in [6.45, 7) is -17.6. The van der Waals surface area contributed by atoms with Crippen LogP contribution < -0.4 is 81.8 Å². The molecular formula is C76H104N22O41P5S3-5. The molecule has 0 saturated carbocycles. The maximum atomic E-state index is 15.6. The molecule has 147 heavy (non-hydrogen) atoms. The minimum Gasteiger partial charge on any atom is -0.780 e. The molecule has 28 atom stereocenters. The number of aliphatic hydroxyl groups is 1. The second-order valence-corrected chi connectivity index (χ2v) is 44.3. The summed E-state index contributed by atoms with van der Waals surface area (Å²) in [7, 11) is -5.86. The fourth-order valence-corrected chi connectivity index (χ4v) is 23.0. The molecule has 0 radical (unpaired) electrons. The standard InChI is InChI=1S/C76H109N22O41P5S3/c1-10-37-38(21-44(129-37)96-31-84-46-61(96)87-72(79)89-65(46)102)135-142(111,145)127-28-42-50(54(120-17-12-115-6)68(132-42)94-23-35(3)63(100)91-75(94)105)137-140(107,108)124-26-40-49(55(121-18-13-116-7)71(133-40)98-33-85-47-62(98)88-73(80)90-66(47)103)136-141(109,110)125-27-41-51(56(122-19-14-117-8)69(131-41)95-24-36(4)64(101)92-76(95)106)138-144(113,147)128-29-43-52(57(123-20-15-118-9)70(134-43)97-32-83-45-59(78)81-30-82-60(45)97)139-143(112,146)126-25-39-48(99)53(119-16-11-114-5)67(130-39)93-22-34(2)58(77)86-74(93)104/h22-24,30-33,37-44,48-57,67-71,99H,10-21,25-29H2,1-9H3,(H,107,108)(H,109,110)(H,111,145)(H,112,146)(H,113,147)(H2,77,86,104)(H2,78,81,82)(H,91,100,105)(H,92,101,106)(H3,79,87,89,102)(H3,80,88,90,103)/p-5/t37-,38?,39-,40-,41-,42-,43-,44-,48?,49?,50?,51?,52?,53+,54+,55+,56+,57+,67-,68-,69-,70-,71-,142?,143?,144?/m1/s1. The molecule has 13 N–H and O–H groups in total. The summed E-state index contributed by atoms with van der Waals surface area (Å²) in [6.07, 6.45) is -30.9. The molecule has 0 aliphatic carbocycles. The molecule has 9 aromatic rings. The Bertz CT molecular complexity index is 6840. The molecule has 6 saturated heterocycles. The summed E-state index contributed by atoms with van der Waals surface area (Å²) in [5.41, 5.74) is 17.1. The Labute approximate surface area is 843 Å². The highest BCUT2D eigenvalue weighted by molar-refractivity contribution is 8.32. The summed E-state index contributed by atoms with van der Waals surface area (Å²) in [4.78, 5) is 196. The number of nitrogens with two attached hydrogens (primary N) is 4. The van der Waals surface area contributed by atoms with E-state index in [1.807, 2.05) is 0 Å². The van der Waals surface area contributed by atoms with Crippen LogP contribution >= 0.6 is 35.9 Å². The minimum absolute atomic E-state index is 0.0209. The van der Waals surface area contributed by atoms with Gasteiger partial charge in [0.05, 0.1) is 130 Å². The van der Waals surface area contributed by atoms with E-state index in [-0.39, 0.29) is 121 Å². The Morgan fingerprint density at radius 1 is 0.415 bits per heavy atom. The maximum Gasteiger partial charge on any atom is 0.351 e. The number of nitrogen functional groups attached to an aromatic ring is 4. The van der Waals surface area contributed by atoms with E-state index in [0.717, 1.165) is 43.3 Å². The van der Waals surface area contributed by atoms with Crippen molar-refractivity contribution in [2.75, 3.05) is 158 Å². The van der Waals surface area contributed by atoms with Gasteiger partial charge in [-0.25, -0.2) is 39.3 Å². The van der Waals surface area contributed by atoms with Gasteiger partial charge >= 0.3 is 17.1 Å². The number of nitrogens with one attached hydrogen (secondary N) is 4. The van der Waals surface area contributed by atoms with Gasteiger partial charge in [0, 0.05) is 77.3 Å². The number of nitrogens with zero attached hydrogens (tertiary/aromatic N) is 14. The normalized spacial score (nSPS) is 29.0. The number of aliphatic hydroxyl groups excluding tert-OH is 1. The van der Waals surface area contributed by atoms with Gasteiger partial charge < -0.3 is 181 Å². The third kappa shape index (κ3) is 26.3. The number of H-pyrrole nitrogens is 4. The van der Waals surface area contributed by atoms with Gasteiger partial charge in [0.15, 0.2) is 71.7 Å². The van der Waals surface area contributed by atoms with E-state index in [2.05, 4.69) is 59.8 Å². The lowest BCUT2D eigenvalue weighted by molar-refractivity contribution is -0.241. The summed E-state index contributed by atoms with van der Waals surface area (Å²) >= 11 is 16.7. The van der Waals surface area contributed by atoms with Crippen LogP contribution in [0.25, 0.3) is 33.5 Å². The van der Waals surface area contributed by atoms with Gasteiger partial charge in [-0.1, -0.05) is 30.5 Å². The third-order valence-corrected chi connectivity index (χ3v) is 30.3. The molecule has 63 nitrogen and oxygen atoms in total. The Kier molecular flexibility index (Phi) is 37.2. The number of methoxy groups -OCH3 is 5. The number of phosphoric acid groups is 2. The molecule has 812 valence electrons. The zero-order valence-electron chi connectivity index (χ0n) is 79.1. The number of ether oxygens (including phenoxy) is 16. The lowest BCUT2D eigenvalue weighted by atomic mass is 10.1. The van der Waals surface area contributed by atoms with Crippen LogP contribution in [0.2, 0.25) is 0 Å². The van der Waals surface area contributed by atoms with Gasteiger partial charge in [-0.2, -0.15) is 15.0 Å². The second kappa shape index (κ2) is 48.4. The van der Waals surface area contributed by atoms with Crippen LogP contribution in [-0.2, 0) is 171 Å². The van der Waals surface area contributed by atoms with Crippen LogP contribution in [0, 0.1) is 20.8 Å². The lowest BCUT2D eigenvalue weighted by Gasteiger charge is -2.36. The molecule has 0 bridgehead atoms. The van der Waals surface area contributed by atoms with Gasteiger partial charge in [-0.3, -0.25) is 80.2 Å². The van der Waals surface area contributed by atoms with Gasteiger partial charge in [0.2, 0.25) is 11.9 Å². The fraction of sp³-hybridized carbons (Fsp3) is 0.645. The van der Waals surface area contributed by atoms with Crippen LogP contribution in [0.1, 0.15) is 73.8 Å². The number of fused-ring (bicyclic) bond motifs is 3. The van der Waals surface area contributed by atoms with Gasteiger partial charge in [0.25, 0.3) is 37.9 Å². The summed E-state index contributed by atoms with van der Waals surface area (Å²) < 4.78 is 207. The molecule has 0 spiro atoms. The molecule has 71 heteroatoms. The van der Waals surface area contributed by atoms with Crippen molar-refractivity contribution in [3.05, 3.63) is 133 Å². The predicted octanol–water partition coefficient (Wildman–Crippen LogP) is -4.82. The van der Waals surface area contributed by atoms with Crippen LogP contribution in [0.5, 0.6) is 0 Å². The first-order chi connectivity index (χ1) is 70.0. The van der Waals surface area contributed by atoms with Crippen LogP contribution in [0.15, 0.2) is 77.5 Å². The molecule has 15 heterocycles. The Morgan fingerprint density at radius 2 is 0.796 bits per heavy atom. The van der Waals surface area contributed by atoms with Gasteiger partial charge in [-0.15, -0.1) is 0 Å².